The molecule has 6 heteroatoms. The summed E-state index contributed by atoms with van der Waals surface area (Å²) in [5.41, 5.74) is 0.577. The zero-order valence-electron chi connectivity index (χ0n) is 12.2. The number of hydrogen-bond donors (Lipinski definition) is 2. The van der Waals surface area contributed by atoms with Crippen molar-refractivity contribution in [3.63, 3.8) is 0 Å². The molecule has 6 nitrogen and oxygen atoms in total. The van der Waals surface area contributed by atoms with Crippen molar-refractivity contribution >= 4 is 11.6 Å². The lowest BCUT2D eigenvalue weighted by Gasteiger charge is -2.12. The number of carbonyl (C=O) groups excluding carboxylic acids is 1. The van der Waals surface area contributed by atoms with Gasteiger partial charge in [-0.05, 0) is 24.3 Å². The maximum atomic E-state index is 11.9. The fourth-order valence-corrected chi connectivity index (χ4v) is 1.85. The number of oxime groups is 1. The fourth-order valence-electron chi connectivity index (χ4n) is 1.85. The molecule has 0 saturated heterocycles. The predicted octanol–water partition coefficient (Wildman–Crippen LogP) is 2.28. The molecule has 0 unspecified atom stereocenters. The number of likely N-dealkylation sites (N-methyl/N-ethyl adjacent to an activating group) is 1. The van der Waals surface area contributed by atoms with E-state index in [1.165, 1.54) is 20.2 Å². The summed E-state index contributed by atoms with van der Waals surface area (Å²) >= 11 is 0. The number of phenols is 1. The fraction of sp³-hybridized carbons (Fsp3) is 0.125. The van der Waals surface area contributed by atoms with Crippen LogP contribution in [0.3, 0.4) is 0 Å². The van der Waals surface area contributed by atoms with Crippen LogP contribution >= 0.6 is 0 Å². The van der Waals surface area contributed by atoms with Crippen LogP contribution in [-0.4, -0.2) is 30.9 Å². The van der Waals surface area contributed by atoms with Crippen LogP contribution in [0.25, 0.3) is 0 Å². The van der Waals surface area contributed by atoms with Crippen LogP contribution in [0.2, 0.25) is 0 Å². The highest BCUT2D eigenvalue weighted by atomic mass is 16.6. The lowest BCUT2D eigenvalue weighted by Crippen LogP contribution is -2.28. The van der Waals surface area contributed by atoms with Gasteiger partial charge in [0, 0.05) is 13.1 Å². The highest BCUT2D eigenvalue weighted by Crippen LogP contribution is 2.28. The maximum absolute atomic E-state index is 11.9. The summed E-state index contributed by atoms with van der Waals surface area (Å²) in [6.45, 7) is 0. The number of benzene rings is 2. The largest absolute Gasteiger partial charge is 0.508 e. The number of rotatable bonds is 5. The van der Waals surface area contributed by atoms with E-state index in [2.05, 4.69) is 10.5 Å². The average molecular weight is 300 g/mol. The number of amides is 1. The number of aromatic hydroxyl groups is 1. The Morgan fingerprint density at radius 1 is 1.18 bits per heavy atom. The van der Waals surface area contributed by atoms with Crippen LogP contribution in [0, 0.1) is 0 Å². The second-order valence-corrected chi connectivity index (χ2v) is 4.30. The molecule has 0 fully saturated rings. The molecule has 0 aliphatic rings. The van der Waals surface area contributed by atoms with Gasteiger partial charge in [-0.2, -0.15) is 0 Å². The van der Waals surface area contributed by atoms with Gasteiger partial charge in [-0.15, -0.1) is 0 Å². The number of hydrogen-bond acceptors (Lipinski definition) is 5. The third-order valence-corrected chi connectivity index (χ3v) is 2.81. The second-order valence-electron chi connectivity index (χ2n) is 4.30. The molecule has 114 valence electrons. The maximum Gasteiger partial charge on any atom is 0.273 e. The van der Waals surface area contributed by atoms with E-state index in [1.807, 2.05) is 0 Å². The van der Waals surface area contributed by atoms with E-state index < -0.39 is 5.91 Å². The molecule has 2 aromatic carbocycles. The minimum absolute atomic E-state index is 0.0899. The first kappa shape index (κ1) is 15.4. The van der Waals surface area contributed by atoms with Crippen LogP contribution in [0.15, 0.2) is 53.7 Å². The van der Waals surface area contributed by atoms with E-state index in [9.17, 15) is 9.90 Å². The first-order chi connectivity index (χ1) is 10.7. The number of carbonyl (C=O) groups is 1. The zero-order chi connectivity index (χ0) is 15.9. The molecule has 0 radical (unpaired) electrons. The monoisotopic (exact) mass is 300 g/mol. The van der Waals surface area contributed by atoms with E-state index in [0.29, 0.717) is 17.1 Å². The molecule has 0 heterocycles. The average Bonchev–Trinajstić information content (AvgIpc) is 2.53. The first-order valence-corrected chi connectivity index (χ1v) is 6.55. The first-order valence-electron chi connectivity index (χ1n) is 6.55. The van der Waals surface area contributed by atoms with E-state index in [0.717, 1.165) is 0 Å². The molecular formula is C16H16N2O4. The Kier molecular flexibility index (Phi) is 4.98. The van der Waals surface area contributed by atoms with E-state index in [4.69, 9.17) is 9.57 Å². The molecule has 0 aliphatic heterocycles. The van der Waals surface area contributed by atoms with Crippen molar-refractivity contribution in [2.24, 2.45) is 5.16 Å². The summed E-state index contributed by atoms with van der Waals surface area (Å²) in [5.74, 6) is 0.564. The van der Waals surface area contributed by atoms with Crippen LogP contribution in [-0.2, 0) is 9.63 Å². The van der Waals surface area contributed by atoms with Crippen molar-refractivity contribution < 1.29 is 19.5 Å². The lowest BCUT2D eigenvalue weighted by molar-refractivity contribution is -0.114. The smallest absolute Gasteiger partial charge is 0.273 e. The Bertz CT molecular complexity index is 698. The third-order valence-electron chi connectivity index (χ3n) is 2.81. The van der Waals surface area contributed by atoms with Gasteiger partial charge in [0.15, 0.2) is 5.71 Å². The minimum atomic E-state index is -0.395. The van der Waals surface area contributed by atoms with Gasteiger partial charge in [-0.25, -0.2) is 0 Å². The third kappa shape index (κ3) is 3.54. The highest BCUT2D eigenvalue weighted by molar-refractivity contribution is 6.45. The molecule has 0 spiro atoms. The number of nitrogens with zero attached hydrogens (tertiary/aromatic N) is 1. The summed E-state index contributed by atoms with van der Waals surface area (Å²) in [7, 11) is 2.87. The van der Waals surface area contributed by atoms with Crippen molar-refractivity contribution in [3.8, 4) is 17.2 Å². The normalized spacial score (nSPS) is 10.9. The highest BCUT2D eigenvalue weighted by Gasteiger charge is 2.18. The molecule has 0 atom stereocenters. The van der Waals surface area contributed by atoms with Gasteiger partial charge in [-0.1, -0.05) is 23.4 Å². The van der Waals surface area contributed by atoms with Crippen molar-refractivity contribution in [2.75, 3.05) is 14.2 Å². The number of ether oxygens (including phenoxy) is 1. The van der Waals surface area contributed by atoms with Crippen molar-refractivity contribution in [1.29, 1.82) is 0 Å². The number of para-hydroxylation sites is 1. The Hall–Kier alpha value is -3.02. The van der Waals surface area contributed by atoms with Crippen molar-refractivity contribution in [1.82, 2.24) is 5.32 Å². The molecular weight excluding hydrogens is 284 g/mol. The Balaban J connectivity index is 2.41. The Morgan fingerprint density at radius 3 is 2.64 bits per heavy atom. The Morgan fingerprint density at radius 2 is 1.95 bits per heavy atom. The van der Waals surface area contributed by atoms with Gasteiger partial charge in [0.05, 0.1) is 5.56 Å². The topological polar surface area (TPSA) is 80.2 Å². The van der Waals surface area contributed by atoms with Gasteiger partial charge in [-0.3, -0.25) is 4.79 Å². The quantitative estimate of drug-likeness (QED) is 0.656. The summed E-state index contributed by atoms with van der Waals surface area (Å²) in [5, 5.41) is 15.8. The summed E-state index contributed by atoms with van der Waals surface area (Å²) < 4.78 is 5.74. The number of nitrogens with one attached hydrogen (secondary N) is 1. The lowest BCUT2D eigenvalue weighted by atomic mass is 10.1. The van der Waals surface area contributed by atoms with Crippen molar-refractivity contribution in [3.05, 3.63) is 54.1 Å². The predicted molar refractivity (Wildman–Crippen MR) is 82.2 cm³/mol. The summed E-state index contributed by atoms with van der Waals surface area (Å²) in [6.07, 6.45) is 0. The SMILES string of the molecule is CNC(=O)/C(=N/OC)c1ccccc1Oc1cccc(O)c1. The molecule has 2 rings (SSSR count). The Labute approximate surface area is 128 Å². The molecule has 22 heavy (non-hydrogen) atoms. The van der Waals surface area contributed by atoms with E-state index in [1.54, 1.807) is 42.5 Å². The van der Waals surface area contributed by atoms with Gasteiger partial charge >= 0.3 is 0 Å². The molecule has 2 aromatic rings. The van der Waals surface area contributed by atoms with Gasteiger partial charge in [0.2, 0.25) is 0 Å². The summed E-state index contributed by atoms with van der Waals surface area (Å²) in [6, 6.07) is 13.3. The minimum Gasteiger partial charge on any atom is -0.508 e. The molecule has 0 aliphatic carbocycles. The van der Waals surface area contributed by atoms with Gasteiger partial charge in [0.1, 0.15) is 24.4 Å². The van der Waals surface area contributed by atoms with Crippen LogP contribution < -0.4 is 10.1 Å². The van der Waals surface area contributed by atoms with Crippen LogP contribution in [0.1, 0.15) is 5.56 Å². The zero-order valence-corrected chi connectivity index (χ0v) is 12.2. The number of phenolic OH excluding ortho intramolecular Hbond substituents is 1. The van der Waals surface area contributed by atoms with Gasteiger partial charge in [0.25, 0.3) is 5.91 Å². The summed E-state index contributed by atoms with van der Waals surface area (Å²) in [4.78, 5) is 16.7. The van der Waals surface area contributed by atoms with Crippen LogP contribution in [0.5, 0.6) is 17.2 Å². The van der Waals surface area contributed by atoms with E-state index in [-0.39, 0.29) is 11.5 Å². The van der Waals surface area contributed by atoms with Gasteiger partial charge < -0.3 is 20.0 Å². The standard InChI is InChI=1S/C16H16N2O4/c1-17-16(20)15(18-21-2)13-8-3-4-9-14(13)22-12-7-5-6-11(19)10-12/h3-10,19H,1-2H3,(H,17,20)/b18-15+. The molecule has 0 bridgehead atoms. The molecule has 0 aromatic heterocycles. The van der Waals surface area contributed by atoms with Crippen molar-refractivity contribution in [2.45, 2.75) is 0 Å². The molecule has 0 saturated carbocycles. The van der Waals surface area contributed by atoms with E-state index >= 15 is 0 Å². The van der Waals surface area contributed by atoms with Crippen LogP contribution in [0.4, 0.5) is 0 Å². The second kappa shape index (κ2) is 7.12. The molecule has 2 N–H and O–H groups in total. The molecule has 1 amide bonds.